The number of nitro benzene ring substituents is 1. The van der Waals surface area contributed by atoms with Crippen molar-refractivity contribution in [2.45, 2.75) is 13.3 Å². The molecule has 0 unspecified atom stereocenters. The largest absolute Gasteiger partial charge is 0.320 e. The SMILES string of the molecule is CCc1ccc(NC(=O)c2ccc(=O)n(C)n2)cc1[N+](=O)[O-]. The molecule has 22 heavy (non-hydrogen) atoms. The summed E-state index contributed by atoms with van der Waals surface area (Å²) in [5, 5.41) is 17.4. The van der Waals surface area contributed by atoms with Crippen LogP contribution in [0.3, 0.4) is 0 Å². The van der Waals surface area contributed by atoms with Crippen LogP contribution in [0.2, 0.25) is 0 Å². The molecule has 0 spiro atoms. The molecule has 2 aromatic rings. The lowest BCUT2D eigenvalue weighted by molar-refractivity contribution is -0.385. The summed E-state index contributed by atoms with van der Waals surface area (Å²) in [5.41, 5.74) is 0.547. The highest BCUT2D eigenvalue weighted by molar-refractivity contribution is 6.02. The van der Waals surface area contributed by atoms with E-state index in [4.69, 9.17) is 0 Å². The Labute approximate surface area is 125 Å². The van der Waals surface area contributed by atoms with Crippen molar-refractivity contribution in [3.05, 3.63) is 62.1 Å². The second-order valence-electron chi connectivity index (χ2n) is 4.59. The monoisotopic (exact) mass is 302 g/mol. The molecule has 0 radical (unpaired) electrons. The van der Waals surface area contributed by atoms with E-state index in [1.807, 2.05) is 6.92 Å². The van der Waals surface area contributed by atoms with Gasteiger partial charge in [0.05, 0.1) is 4.92 Å². The Balaban J connectivity index is 2.28. The number of hydrogen-bond acceptors (Lipinski definition) is 5. The van der Waals surface area contributed by atoms with E-state index in [1.165, 1.54) is 25.2 Å². The zero-order chi connectivity index (χ0) is 16.3. The van der Waals surface area contributed by atoms with Gasteiger partial charge in [-0.25, -0.2) is 4.68 Å². The van der Waals surface area contributed by atoms with Crippen LogP contribution in [0.25, 0.3) is 0 Å². The number of amides is 1. The van der Waals surface area contributed by atoms with Crippen LogP contribution in [0.1, 0.15) is 23.0 Å². The first-order chi connectivity index (χ1) is 10.4. The maximum atomic E-state index is 12.1. The smallest absolute Gasteiger partial charge is 0.276 e. The molecule has 0 aliphatic rings. The van der Waals surface area contributed by atoms with E-state index < -0.39 is 10.8 Å². The van der Waals surface area contributed by atoms with Gasteiger partial charge in [-0.1, -0.05) is 13.0 Å². The Morgan fingerprint density at radius 1 is 1.36 bits per heavy atom. The number of aromatic nitrogens is 2. The van der Waals surface area contributed by atoms with Crippen LogP contribution in [0, 0.1) is 10.1 Å². The van der Waals surface area contributed by atoms with Crippen LogP contribution in [0.15, 0.2) is 35.1 Å². The number of nitrogens with zero attached hydrogens (tertiary/aromatic N) is 3. The number of benzene rings is 1. The van der Waals surface area contributed by atoms with Gasteiger partial charge in [0.1, 0.15) is 5.69 Å². The predicted octanol–water partition coefficient (Wildman–Crippen LogP) is 1.50. The summed E-state index contributed by atoms with van der Waals surface area (Å²) in [6.45, 7) is 1.81. The second kappa shape index (κ2) is 6.17. The van der Waals surface area contributed by atoms with E-state index in [9.17, 15) is 19.7 Å². The van der Waals surface area contributed by atoms with Gasteiger partial charge in [-0.05, 0) is 18.6 Å². The maximum absolute atomic E-state index is 12.1. The highest BCUT2D eigenvalue weighted by Gasteiger charge is 2.15. The molecular weight excluding hydrogens is 288 g/mol. The van der Waals surface area contributed by atoms with Crippen molar-refractivity contribution < 1.29 is 9.72 Å². The molecule has 0 aliphatic heterocycles. The number of carbonyl (C=O) groups excluding carboxylic acids is 1. The van der Waals surface area contributed by atoms with E-state index >= 15 is 0 Å². The Bertz CT molecular complexity index is 798. The summed E-state index contributed by atoms with van der Waals surface area (Å²) in [7, 11) is 1.43. The average molecular weight is 302 g/mol. The Morgan fingerprint density at radius 3 is 2.68 bits per heavy atom. The van der Waals surface area contributed by atoms with Crippen LogP contribution in [0.4, 0.5) is 11.4 Å². The van der Waals surface area contributed by atoms with E-state index in [-0.39, 0.29) is 16.9 Å². The number of rotatable bonds is 4. The first kappa shape index (κ1) is 15.4. The molecule has 8 nitrogen and oxygen atoms in total. The Hall–Kier alpha value is -3.03. The molecule has 0 atom stereocenters. The fraction of sp³-hybridized carbons (Fsp3) is 0.214. The van der Waals surface area contributed by atoms with Gasteiger partial charge in [0, 0.05) is 30.4 Å². The molecule has 1 N–H and O–H groups in total. The summed E-state index contributed by atoms with van der Waals surface area (Å²) in [5.74, 6) is -0.547. The van der Waals surface area contributed by atoms with Gasteiger partial charge in [-0.3, -0.25) is 19.7 Å². The number of aryl methyl sites for hydroxylation is 2. The van der Waals surface area contributed by atoms with Crippen molar-refractivity contribution in [2.75, 3.05) is 5.32 Å². The summed E-state index contributed by atoms with van der Waals surface area (Å²) in [6, 6.07) is 7.02. The van der Waals surface area contributed by atoms with Crippen molar-refractivity contribution in [3.63, 3.8) is 0 Å². The van der Waals surface area contributed by atoms with E-state index in [1.54, 1.807) is 12.1 Å². The number of nitrogens with one attached hydrogen (secondary N) is 1. The molecule has 1 aromatic carbocycles. The summed E-state index contributed by atoms with van der Waals surface area (Å²) in [6.07, 6.45) is 0.521. The van der Waals surface area contributed by atoms with Gasteiger partial charge in [-0.2, -0.15) is 5.10 Å². The number of carbonyl (C=O) groups is 1. The summed E-state index contributed by atoms with van der Waals surface area (Å²) >= 11 is 0. The fourth-order valence-electron chi connectivity index (χ4n) is 1.93. The molecule has 0 aliphatic carbocycles. The van der Waals surface area contributed by atoms with Crippen LogP contribution in [-0.2, 0) is 13.5 Å². The molecule has 0 fully saturated rings. The molecule has 1 heterocycles. The molecule has 8 heteroatoms. The topological polar surface area (TPSA) is 107 Å². The normalized spacial score (nSPS) is 10.3. The van der Waals surface area contributed by atoms with Gasteiger partial charge < -0.3 is 5.32 Å². The van der Waals surface area contributed by atoms with Crippen LogP contribution in [-0.4, -0.2) is 20.6 Å². The third kappa shape index (κ3) is 3.17. The van der Waals surface area contributed by atoms with Gasteiger partial charge in [-0.15, -0.1) is 0 Å². The molecular formula is C14H14N4O4. The number of anilines is 1. The van der Waals surface area contributed by atoms with Gasteiger partial charge >= 0.3 is 0 Å². The lowest BCUT2D eigenvalue weighted by Gasteiger charge is -2.07. The number of nitro groups is 1. The molecule has 0 saturated heterocycles. The first-order valence-corrected chi connectivity index (χ1v) is 6.55. The van der Waals surface area contributed by atoms with Crippen molar-refractivity contribution in [3.8, 4) is 0 Å². The molecule has 0 saturated carbocycles. The third-order valence-electron chi connectivity index (χ3n) is 3.11. The highest BCUT2D eigenvalue weighted by atomic mass is 16.6. The number of hydrogen-bond donors (Lipinski definition) is 1. The van der Waals surface area contributed by atoms with Gasteiger partial charge in [0.15, 0.2) is 0 Å². The van der Waals surface area contributed by atoms with Crippen molar-refractivity contribution in [1.29, 1.82) is 0 Å². The van der Waals surface area contributed by atoms with Crippen molar-refractivity contribution in [1.82, 2.24) is 9.78 Å². The minimum Gasteiger partial charge on any atom is -0.320 e. The van der Waals surface area contributed by atoms with Crippen molar-refractivity contribution in [2.24, 2.45) is 7.05 Å². The summed E-state index contributed by atoms with van der Waals surface area (Å²) in [4.78, 5) is 33.8. The standard InChI is InChI=1S/C14H14N4O4/c1-3-9-4-5-10(8-12(9)18(21)22)15-14(20)11-6-7-13(19)17(2)16-11/h4-8H,3H2,1-2H3,(H,15,20). The lowest BCUT2D eigenvalue weighted by Crippen LogP contribution is -2.23. The van der Waals surface area contributed by atoms with Crippen LogP contribution < -0.4 is 10.9 Å². The molecule has 1 aromatic heterocycles. The molecule has 114 valence electrons. The Morgan fingerprint density at radius 2 is 2.09 bits per heavy atom. The van der Waals surface area contributed by atoms with Crippen LogP contribution >= 0.6 is 0 Å². The maximum Gasteiger partial charge on any atom is 0.276 e. The van der Waals surface area contributed by atoms with E-state index in [2.05, 4.69) is 10.4 Å². The minimum atomic E-state index is -0.547. The highest BCUT2D eigenvalue weighted by Crippen LogP contribution is 2.23. The fourth-order valence-corrected chi connectivity index (χ4v) is 1.93. The van der Waals surface area contributed by atoms with Gasteiger partial charge in [0.25, 0.3) is 17.2 Å². The van der Waals surface area contributed by atoms with Crippen molar-refractivity contribution >= 4 is 17.3 Å². The van der Waals surface area contributed by atoms with Crippen LogP contribution in [0.5, 0.6) is 0 Å². The zero-order valence-electron chi connectivity index (χ0n) is 12.1. The average Bonchev–Trinajstić information content (AvgIpc) is 2.49. The lowest BCUT2D eigenvalue weighted by atomic mass is 10.1. The summed E-state index contributed by atoms with van der Waals surface area (Å²) < 4.78 is 1.04. The quantitative estimate of drug-likeness (QED) is 0.680. The third-order valence-corrected chi connectivity index (χ3v) is 3.11. The predicted molar refractivity (Wildman–Crippen MR) is 79.9 cm³/mol. The van der Waals surface area contributed by atoms with E-state index in [0.29, 0.717) is 17.7 Å². The Kier molecular flexibility index (Phi) is 4.31. The first-order valence-electron chi connectivity index (χ1n) is 6.55. The van der Waals surface area contributed by atoms with Gasteiger partial charge in [0.2, 0.25) is 0 Å². The minimum absolute atomic E-state index is 0.0457. The molecule has 1 amide bonds. The van der Waals surface area contributed by atoms with E-state index in [0.717, 1.165) is 4.68 Å². The second-order valence-corrected chi connectivity index (χ2v) is 4.59. The molecule has 2 rings (SSSR count). The zero-order valence-corrected chi connectivity index (χ0v) is 12.1. The molecule has 0 bridgehead atoms.